The van der Waals surface area contributed by atoms with Crippen molar-refractivity contribution in [2.45, 2.75) is 39.2 Å². The first-order chi connectivity index (χ1) is 8.57. The molecule has 1 N–H and O–H groups in total. The van der Waals surface area contributed by atoms with Gasteiger partial charge in [0, 0.05) is 6.54 Å². The van der Waals surface area contributed by atoms with E-state index in [1.54, 1.807) is 0 Å². The molecular formula is C13H19N3O2. The lowest BCUT2D eigenvalue weighted by Crippen LogP contribution is -2.29. The molecule has 1 saturated carbocycles. The third kappa shape index (κ3) is 1.53. The van der Waals surface area contributed by atoms with Gasteiger partial charge in [0.2, 0.25) is 0 Å². The van der Waals surface area contributed by atoms with Crippen molar-refractivity contribution in [1.29, 1.82) is 0 Å². The molecule has 5 nitrogen and oxygen atoms in total. The van der Waals surface area contributed by atoms with Gasteiger partial charge in [0.1, 0.15) is 11.4 Å². The van der Waals surface area contributed by atoms with E-state index in [0.29, 0.717) is 17.0 Å². The number of carbonyl (C=O) groups is 1. The standard InChI is InChI=1S/C13H19N3O2/c1-8-10(12(17)18-3)11-14-7-4-9(16(11)15-8)13(2)5-6-13/h9,14H,4-7H2,1-3H3. The van der Waals surface area contributed by atoms with Crippen molar-refractivity contribution >= 4 is 11.8 Å². The molecule has 1 aliphatic carbocycles. The molecule has 1 atom stereocenters. The van der Waals surface area contributed by atoms with Crippen LogP contribution in [-0.2, 0) is 4.74 Å². The van der Waals surface area contributed by atoms with E-state index in [1.165, 1.54) is 20.0 Å². The molecule has 18 heavy (non-hydrogen) atoms. The first kappa shape index (κ1) is 11.6. The van der Waals surface area contributed by atoms with Crippen molar-refractivity contribution in [2.24, 2.45) is 5.41 Å². The van der Waals surface area contributed by atoms with Gasteiger partial charge in [-0.05, 0) is 31.6 Å². The summed E-state index contributed by atoms with van der Waals surface area (Å²) in [6.45, 7) is 5.07. The Labute approximate surface area is 107 Å². The number of hydrogen-bond donors (Lipinski definition) is 1. The summed E-state index contributed by atoms with van der Waals surface area (Å²) in [4.78, 5) is 11.8. The topological polar surface area (TPSA) is 56.1 Å². The zero-order valence-corrected chi connectivity index (χ0v) is 11.1. The predicted octanol–water partition coefficient (Wildman–Crippen LogP) is 2.13. The van der Waals surface area contributed by atoms with Crippen molar-refractivity contribution < 1.29 is 9.53 Å². The summed E-state index contributed by atoms with van der Waals surface area (Å²) in [5, 5.41) is 7.86. The molecule has 0 amide bonds. The maximum atomic E-state index is 11.8. The third-order valence-electron chi connectivity index (χ3n) is 4.32. The number of aromatic nitrogens is 2. The highest BCUT2D eigenvalue weighted by molar-refractivity contribution is 5.96. The Morgan fingerprint density at radius 3 is 2.89 bits per heavy atom. The van der Waals surface area contributed by atoms with Crippen molar-refractivity contribution in [3.8, 4) is 0 Å². The van der Waals surface area contributed by atoms with Gasteiger partial charge in [-0.3, -0.25) is 0 Å². The molecule has 98 valence electrons. The minimum Gasteiger partial charge on any atom is -0.465 e. The Kier molecular flexibility index (Phi) is 2.40. The molecule has 2 aliphatic rings. The number of rotatable bonds is 2. The van der Waals surface area contributed by atoms with Crippen LogP contribution in [0.3, 0.4) is 0 Å². The van der Waals surface area contributed by atoms with Gasteiger partial charge < -0.3 is 10.1 Å². The molecular weight excluding hydrogens is 230 g/mol. The number of ether oxygens (including phenoxy) is 1. The average molecular weight is 249 g/mol. The summed E-state index contributed by atoms with van der Waals surface area (Å²) in [6.07, 6.45) is 3.58. The van der Waals surface area contributed by atoms with E-state index in [1.807, 2.05) is 11.6 Å². The Balaban J connectivity index is 2.06. The van der Waals surface area contributed by atoms with Crippen LogP contribution in [0.25, 0.3) is 0 Å². The molecule has 0 saturated heterocycles. The first-order valence-electron chi connectivity index (χ1n) is 6.48. The zero-order chi connectivity index (χ0) is 12.9. The van der Waals surface area contributed by atoms with Crippen LogP contribution in [0.2, 0.25) is 0 Å². The second-order valence-electron chi connectivity index (χ2n) is 5.63. The van der Waals surface area contributed by atoms with Gasteiger partial charge in [-0.25, -0.2) is 9.48 Å². The fourth-order valence-electron chi connectivity index (χ4n) is 2.91. The predicted molar refractivity (Wildman–Crippen MR) is 67.8 cm³/mol. The minimum absolute atomic E-state index is 0.303. The normalized spacial score (nSPS) is 24.1. The molecule has 2 heterocycles. The molecule has 1 fully saturated rings. The first-order valence-corrected chi connectivity index (χ1v) is 6.48. The summed E-state index contributed by atoms with van der Waals surface area (Å²) < 4.78 is 6.86. The highest BCUT2D eigenvalue weighted by atomic mass is 16.5. The SMILES string of the molecule is COC(=O)c1c(C)nn2c1NCCC2C1(C)CC1. The molecule has 3 rings (SSSR count). The molecule has 0 bridgehead atoms. The minimum atomic E-state index is -0.303. The lowest BCUT2D eigenvalue weighted by molar-refractivity contribution is 0.0600. The Hall–Kier alpha value is -1.52. The van der Waals surface area contributed by atoms with Crippen molar-refractivity contribution in [2.75, 3.05) is 19.0 Å². The van der Waals surface area contributed by atoms with Crippen LogP contribution < -0.4 is 5.32 Å². The number of esters is 1. The second kappa shape index (κ2) is 3.73. The molecule has 0 radical (unpaired) electrons. The number of nitrogens with zero attached hydrogens (tertiary/aromatic N) is 2. The van der Waals surface area contributed by atoms with E-state index in [0.717, 1.165) is 24.5 Å². The van der Waals surface area contributed by atoms with E-state index >= 15 is 0 Å². The van der Waals surface area contributed by atoms with Crippen LogP contribution in [0.1, 0.15) is 48.3 Å². The van der Waals surface area contributed by atoms with Gasteiger partial charge in [-0.15, -0.1) is 0 Å². The molecule has 0 aromatic carbocycles. The average Bonchev–Trinajstić information content (AvgIpc) is 3.01. The van der Waals surface area contributed by atoms with Crippen LogP contribution in [0, 0.1) is 12.3 Å². The van der Waals surface area contributed by atoms with Crippen molar-refractivity contribution in [3.63, 3.8) is 0 Å². The van der Waals surface area contributed by atoms with Crippen LogP contribution in [0.5, 0.6) is 0 Å². The third-order valence-corrected chi connectivity index (χ3v) is 4.32. The second-order valence-corrected chi connectivity index (χ2v) is 5.63. The maximum Gasteiger partial charge on any atom is 0.343 e. The number of methoxy groups -OCH3 is 1. The number of anilines is 1. The molecule has 1 aromatic heterocycles. The molecule has 1 aromatic rings. The van der Waals surface area contributed by atoms with Crippen LogP contribution in [-0.4, -0.2) is 29.4 Å². The van der Waals surface area contributed by atoms with Gasteiger partial charge in [-0.1, -0.05) is 6.92 Å². The summed E-state index contributed by atoms with van der Waals surface area (Å²) in [5.41, 5.74) is 1.70. The molecule has 1 aliphatic heterocycles. The molecule has 0 spiro atoms. The lowest BCUT2D eigenvalue weighted by atomic mass is 9.94. The molecule has 5 heteroatoms. The van der Waals surface area contributed by atoms with Crippen LogP contribution in [0.4, 0.5) is 5.82 Å². The summed E-state index contributed by atoms with van der Waals surface area (Å²) >= 11 is 0. The summed E-state index contributed by atoms with van der Waals surface area (Å²) in [6, 6.07) is 0.408. The zero-order valence-electron chi connectivity index (χ0n) is 11.1. The Morgan fingerprint density at radius 2 is 2.28 bits per heavy atom. The lowest BCUT2D eigenvalue weighted by Gasteiger charge is -2.30. The van der Waals surface area contributed by atoms with Crippen LogP contribution in [0.15, 0.2) is 0 Å². The van der Waals surface area contributed by atoms with Gasteiger partial charge >= 0.3 is 5.97 Å². The van der Waals surface area contributed by atoms with E-state index in [9.17, 15) is 4.79 Å². The quantitative estimate of drug-likeness (QED) is 0.816. The highest BCUT2D eigenvalue weighted by Gasteiger charge is 2.48. The monoisotopic (exact) mass is 249 g/mol. The fourth-order valence-corrected chi connectivity index (χ4v) is 2.91. The van der Waals surface area contributed by atoms with Gasteiger partial charge in [0.15, 0.2) is 0 Å². The van der Waals surface area contributed by atoms with E-state index in [4.69, 9.17) is 4.74 Å². The van der Waals surface area contributed by atoms with Crippen molar-refractivity contribution in [3.05, 3.63) is 11.3 Å². The van der Waals surface area contributed by atoms with Crippen LogP contribution >= 0.6 is 0 Å². The van der Waals surface area contributed by atoms with Gasteiger partial charge in [0.05, 0.1) is 18.8 Å². The van der Waals surface area contributed by atoms with Gasteiger partial charge in [0.25, 0.3) is 0 Å². The van der Waals surface area contributed by atoms with Gasteiger partial charge in [-0.2, -0.15) is 5.10 Å². The van der Waals surface area contributed by atoms with Crippen molar-refractivity contribution in [1.82, 2.24) is 9.78 Å². The smallest absolute Gasteiger partial charge is 0.343 e. The fraction of sp³-hybridized carbons (Fsp3) is 0.692. The molecule has 1 unspecified atom stereocenters. The summed E-state index contributed by atoms with van der Waals surface area (Å²) in [7, 11) is 1.41. The van der Waals surface area contributed by atoms with E-state index in [-0.39, 0.29) is 5.97 Å². The number of hydrogen-bond acceptors (Lipinski definition) is 4. The summed E-state index contributed by atoms with van der Waals surface area (Å²) in [5.74, 6) is 0.534. The number of fused-ring (bicyclic) bond motifs is 1. The maximum absolute atomic E-state index is 11.8. The largest absolute Gasteiger partial charge is 0.465 e. The Morgan fingerprint density at radius 1 is 1.56 bits per heavy atom. The highest BCUT2D eigenvalue weighted by Crippen LogP contribution is 2.56. The number of nitrogens with one attached hydrogen (secondary N) is 1. The Bertz CT molecular complexity index is 503. The number of aryl methyl sites for hydroxylation is 1. The van der Waals surface area contributed by atoms with E-state index in [2.05, 4.69) is 17.3 Å². The number of carbonyl (C=O) groups excluding carboxylic acids is 1. The van der Waals surface area contributed by atoms with E-state index < -0.39 is 0 Å².